The van der Waals surface area contributed by atoms with Crippen molar-refractivity contribution in [1.29, 1.82) is 0 Å². The van der Waals surface area contributed by atoms with Gasteiger partial charge in [-0.15, -0.1) is 11.3 Å². The molecule has 0 atom stereocenters. The topological polar surface area (TPSA) is 83.8 Å². The van der Waals surface area contributed by atoms with Crippen LogP contribution in [-0.2, 0) is 0 Å². The number of nitrogen functional groups attached to an aromatic ring is 1. The zero-order valence-corrected chi connectivity index (χ0v) is 6.81. The number of fused-ring (bicyclic) bond motifs is 1. The fourth-order valence-electron chi connectivity index (χ4n) is 0.984. The molecule has 2 heterocycles. The Kier molecular flexibility index (Phi) is 1.56. The van der Waals surface area contributed by atoms with Crippen molar-refractivity contribution in [2.75, 3.05) is 5.43 Å². The number of nitrogens with two attached hydrogens (primary N) is 1. The lowest BCUT2D eigenvalue weighted by Crippen LogP contribution is -2.16. The zero-order chi connectivity index (χ0) is 8.55. The van der Waals surface area contributed by atoms with Gasteiger partial charge in [0.15, 0.2) is 5.82 Å². The number of hydrogen-bond donors (Lipinski definition) is 3. The van der Waals surface area contributed by atoms with Crippen LogP contribution in [0.4, 0.5) is 5.82 Å². The third kappa shape index (κ3) is 0.973. The molecule has 0 fully saturated rings. The molecule has 0 radical (unpaired) electrons. The van der Waals surface area contributed by atoms with E-state index < -0.39 is 5.69 Å². The molecule has 2 rings (SSSR count). The van der Waals surface area contributed by atoms with Crippen LogP contribution in [0.15, 0.2) is 16.2 Å². The molecule has 2 aromatic heterocycles. The first-order valence-electron chi connectivity index (χ1n) is 3.25. The molecule has 0 bridgehead atoms. The van der Waals surface area contributed by atoms with Crippen LogP contribution < -0.4 is 17.0 Å². The molecule has 0 amide bonds. The molecule has 12 heavy (non-hydrogen) atoms. The highest BCUT2D eigenvalue weighted by Gasteiger charge is 2.03. The van der Waals surface area contributed by atoms with Gasteiger partial charge in [0.2, 0.25) is 0 Å². The number of aromatic nitrogens is 2. The third-order valence-corrected chi connectivity index (χ3v) is 2.39. The van der Waals surface area contributed by atoms with Gasteiger partial charge in [0.05, 0.1) is 10.2 Å². The van der Waals surface area contributed by atoms with Gasteiger partial charge >= 0.3 is 5.69 Å². The Balaban J connectivity index is 2.89. The average Bonchev–Trinajstić information content (AvgIpc) is 2.50. The monoisotopic (exact) mass is 182 g/mol. The van der Waals surface area contributed by atoms with Gasteiger partial charge < -0.3 is 10.4 Å². The Morgan fingerprint density at radius 1 is 1.67 bits per heavy atom. The summed E-state index contributed by atoms with van der Waals surface area (Å²) in [6.45, 7) is 0. The molecule has 0 saturated heterocycles. The minimum atomic E-state index is -0.395. The Hall–Kier alpha value is -1.40. The predicted molar refractivity (Wildman–Crippen MR) is 48.1 cm³/mol. The number of anilines is 1. The average molecular weight is 182 g/mol. The van der Waals surface area contributed by atoms with E-state index in [0.717, 1.165) is 10.2 Å². The van der Waals surface area contributed by atoms with Crippen LogP contribution in [0.5, 0.6) is 0 Å². The number of thiophene rings is 1. The smallest absolute Gasteiger partial charge is 0.307 e. The van der Waals surface area contributed by atoms with E-state index in [9.17, 15) is 4.79 Å². The highest BCUT2D eigenvalue weighted by Crippen LogP contribution is 2.22. The number of hydrogen-bond acceptors (Lipinski definition) is 5. The summed E-state index contributed by atoms with van der Waals surface area (Å²) in [5, 5.41) is 1.86. The normalized spacial score (nSPS) is 10.4. The van der Waals surface area contributed by atoms with Gasteiger partial charge in [-0.2, -0.15) is 4.98 Å². The largest absolute Gasteiger partial charge is 0.347 e. The Morgan fingerprint density at radius 3 is 3.25 bits per heavy atom. The van der Waals surface area contributed by atoms with Gasteiger partial charge in [0.25, 0.3) is 0 Å². The summed E-state index contributed by atoms with van der Waals surface area (Å²) in [5.41, 5.74) is 2.74. The molecule has 62 valence electrons. The number of rotatable bonds is 1. The summed E-state index contributed by atoms with van der Waals surface area (Å²) < 4.78 is 0.858. The maximum Gasteiger partial charge on any atom is 0.347 e. The molecule has 5 nitrogen and oxygen atoms in total. The van der Waals surface area contributed by atoms with Crippen LogP contribution in [0.25, 0.3) is 10.2 Å². The molecule has 0 aliphatic rings. The molecule has 6 heteroatoms. The number of nitrogens with zero attached hydrogens (tertiary/aromatic N) is 1. The lowest BCUT2D eigenvalue weighted by molar-refractivity contribution is 1.11. The number of nitrogens with one attached hydrogen (secondary N) is 2. The number of aromatic amines is 1. The summed E-state index contributed by atoms with van der Waals surface area (Å²) >= 11 is 1.47. The molecule has 4 N–H and O–H groups in total. The van der Waals surface area contributed by atoms with Crippen molar-refractivity contribution < 1.29 is 0 Å². The standard InChI is InChI=1S/C6H6N4OS/c7-10-5-4-3(1-2-12-4)8-6(11)9-5/h1-2H,7H2,(H2,8,9,10,11). The van der Waals surface area contributed by atoms with E-state index in [-0.39, 0.29) is 0 Å². The first-order valence-corrected chi connectivity index (χ1v) is 4.13. The van der Waals surface area contributed by atoms with Gasteiger partial charge in [0, 0.05) is 0 Å². The second kappa shape index (κ2) is 2.58. The summed E-state index contributed by atoms with van der Waals surface area (Å²) in [7, 11) is 0. The van der Waals surface area contributed by atoms with E-state index in [4.69, 9.17) is 5.84 Å². The van der Waals surface area contributed by atoms with Crippen molar-refractivity contribution in [3.63, 3.8) is 0 Å². The summed E-state index contributed by atoms with van der Waals surface area (Å²) in [5.74, 6) is 5.61. The van der Waals surface area contributed by atoms with E-state index in [1.165, 1.54) is 11.3 Å². The van der Waals surface area contributed by atoms with Gasteiger partial charge in [-0.3, -0.25) is 0 Å². The van der Waals surface area contributed by atoms with Crippen molar-refractivity contribution in [2.24, 2.45) is 5.84 Å². The molecule has 0 aliphatic heterocycles. The predicted octanol–water partition coefficient (Wildman–Crippen LogP) is 0.270. The van der Waals surface area contributed by atoms with Crippen LogP contribution in [0.3, 0.4) is 0 Å². The maximum atomic E-state index is 10.9. The van der Waals surface area contributed by atoms with E-state index in [1.807, 2.05) is 11.4 Å². The summed E-state index contributed by atoms with van der Waals surface area (Å²) in [6, 6.07) is 1.81. The highest BCUT2D eigenvalue weighted by atomic mass is 32.1. The number of H-pyrrole nitrogens is 1. The SMILES string of the molecule is NNc1nc(=O)[nH]c2ccsc12. The van der Waals surface area contributed by atoms with Crippen LogP contribution in [0.2, 0.25) is 0 Å². The van der Waals surface area contributed by atoms with E-state index in [2.05, 4.69) is 15.4 Å². The van der Waals surface area contributed by atoms with Gasteiger partial charge in [-0.25, -0.2) is 10.6 Å². The second-order valence-electron chi connectivity index (χ2n) is 2.20. The molecule has 0 aromatic carbocycles. The van der Waals surface area contributed by atoms with Crippen molar-refractivity contribution in [2.45, 2.75) is 0 Å². The second-order valence-corrected chi connectivity index (χ2v) is 3.11. The molecule has 0 saturated carbocycles. The fraction of sp³-hybridized carbons (Fsp3) is 0. The summed E-state index contributed by atoms with van der Waals surface area (Å²) in [4.78, 5) is 17.2. The van der Waals surface area contributed by atoms with E-state index in [1.54, 1.807) is 0 Å². The van der Waals surface area contributed by atoms with E-state index in [0.29, 0.717) is 5.82 Å². The molecule has 0 spiro atoms. The Morgan fingerprint density at radius 2 is 2.50 bits per heavy atom. The third-order valence-electron chi connectivity index (χ3n) is 1.47. The molecule has 2 aromatic rings. The van der Waals surface area contributed by atoms with Crippen LogP contribution >= 0.6 is 11.3 Å². The number of hydrazine groups is 1. The molecule has 0 aliphatic carbocycles. The van der Waals surface area contributed by atoms with Crippen molar-refractivity contribution in [1.82, 2.24) is 9.97 Å². The van der Waals surface area contributed by atoms with Crippen LogP contribution in [-0.4, -0.2) is 9.97 Å². The molecule has 0 unspecified atom stereocenters. The van der Waals surface area contributed by atoms with Crippen molar-refractivity contribution in [3.05, 3.63) is 21.9 Å². The zero-order valence-electron chi connectivity index (χ0n) is 6.00. The van der Waals surface area contributed by atoms with Gasteiger partial charge in [0.1, 0.15) is 0 Å². The Labute approximate surface area is 71.2 Å². The quantitative estimate of drug-likeness (QED) is 0.436. The lowest BCUT2D eigenvalue weighted by Gasteiger charge is -1.97. The first kappa shape index (κ1) is 7.26. The minimum Gasteiger partial charge on any atom is -0.307 e. The highest BCUT2D eigenvalue weighted by molar-refractivity contribution is 7.17. The Bertz CT molecular complexity index is 460. The van der Waals surface area contributed by atoms with Crippen LogP contribution in [0.1, 0.15) is 0 Å². The van der Waals surface area contributed by atoms with Gasteiger partial charge in [-0.1, -0.05) is 0 Å². The van der Waals surface area contributed by atoms with E-state index >= 15 is 0 Å². The molecular weight excluding hydrogens is 176 g/mol. The fourth-order valence-corrected chi connectivity index (χ4v) is 1.79. The summed E-state index contributed by atoms with van der Waals surface area (Å²) in [6.07, 6.45) is 0. The first-order chi connectivity index (χ1) is 5.81. The molecular formula is C6H6N4OS. The lowest BCUT2D eigenvalue weighted by atomic mass is 10.4. The van der Waals surface area contributed by atoms with Crippen molar-refractivity contribution >= 4 is 27.4 Å². The maximum absolute atomic E-state index is 10.9. The van der Waals surface area contributed by atoms with Crippen LogP contribution in [0, 0.1) is 0 Å². The van der Waals surface area contributed by atoms with Crippen molar-refractivity contribution in [3.8, 4) is 0 Å². The minimum absolute atomic E-state index is 0.395. The van der Waals surface area contributed by atoms with Gasteiger partial charge in [-0.05, 0) is 11.4 Å².